The monoisotopic (exact) mass is 1320 g/mol. The van der Waals surface area contributed by atoms with Gasteiger partial charge < -0.3 is 16.0 Å². The van der Waals surface area contributed by atoms with Crippen molar-refractivity contribution in [1.82, 2.24) is 45.5 Å². The SMILES string of the molecule is Cc1nnc(N[C@@H](Cc2ccc(NS(=O)(=O)O)cc2)c2csc(-c3ccccc3)n2)s1.Cc1nnc(N[C@@H](Cc2ccc([N+](=O)[O-])cc2)c2csc(-c3ccccc3)n2)s1.Cc1nnc(N[C@@H](Cc2ccc([N+](=O)[O-])cc2)c2csc(-c3ccccc3)n2)s1. The number of nitrogens with one attached hydrogen (secondary N) is 4. The van der Waals surface area contributed by atoms with E-state index in [-0.39, 0.29) is 35.2 Å². The lowest BCUT2D eigenvalue weighted by Crippen LogP contribution is -2.14. The summed E-state index contributed by atoms with van der Waals surface area (Å²) in [5, 5.41) is 70.5. The Morgan fingerprint density at radius 1 is 0.438 bits per heavy atom. The van der Waals surface area contributed by atoms with Crippen LogP contribution in [-0.4, -0.2) is 68.4 Å². The van der Waals surface area contributed by atoms with Gasteiger partial charge in [-0.15, -0.1) is 64.6 Å². The molecule has 0 bridgehead atoms. The van der Waals surface area contributed by atoms with Crippen molar-refractivity contribution in [3.63, 3.8) is 0 Å². The smallest absolute Gasteiger partial charge is 0.351 e. The van der Waals surface area contributed by atoms with E-state index in [1.54, 1.807) is 82.5 Å². The number of non-ortho nitro benzene ring substituents is 2. The summed E-state index contributed by atoms with van der Waals surface area (Å²) in [5.41, 5.74) is 9.27. The van der Waals surface area contributed by atoms with Gasteiger partial charge in [-0.1, -0.05) is 161 Å². The van der Waals surface area contributed by atoms with Crippen molar-refractivity contribution in [2.24, 2.45) is 0 Å². The van der Waals surface area contributed by atoms with Crippen molar-refractivity contribution in [2.75, 3.05) is 20.7 Å². The molecular weight excluding hydrogens is 1270 g/mol. The fourth-order valence-electron chi connectivity index (χ4n) is 8.75. The molecule has 0 saturated heterocycles. The summed E-state index contributed by atoms with van der Waals surface area (Å²) >= 11 is 9.20. The maximum Gasteiger partial charge on any atom is 0.357 e. The Morgan fingerprint density at radius 3 is 0.989 bits per heavy atom. The number of nitro groups is 2. The zero-order chi connectivity index (χ0) is 62.3. The van der Waals surface area contributed by atoms with E-state index in [1.165, 1.54) is 58.3 Å². The third-order valence-electron chi connectivity index (χ3n) is 13.0. The summed E-state index contributed by atoms with van der Waals surface area (Å²) in [6, 6.07) is 49.7. The molecule has 0 unspecified atom stereocenters. The van der Waals surface area contributed by atoms with Crippen LogP contribution in [0.5, 0.6) is 0 Å². The minimum Gasteiger partial charge on any atom is -0.351 e. The van der Waals surface area contributed by atoms with Crippen LogP contribution in [0.2, 0.25) is 0 Å². The highest BCUT2D eigenvalue weighted by Crippen LogP contribution is 2.35. The van der Waals surface area contributed by atoms with Gasteiger partial charge in [0.05, 0.1) is 50.7 Å². The normalized spacial score (nSPS) is 12.1. The summed E-state index contributed by atoms with van der Waals surface area (Å²) in [5.74, 6) is 0. The van der Waals surface area contributed by atoms with Gasteiger partial charge in [-0.2, -0.15) is 8.42 Å². The molecule has 6 heterocycles. The van der Waals surface area contributed by atoms with Gasteiger partial charge in [0.1, 0.15) is 30.0 Å². The van der Waals surface area contributed by atoms with Gasteiger partial charge in [-0.25, -0.2) is 15.0 Å². The number of thiazole rings is 3. The Hall–Kier alpha value is -9.20. The zero-order valence-electron chi connectivity index (χ0n) is 47.3. The average Bonchev–Trinajstić information content (AvgIpc) is 2.86. The van der Waals surface area contributed by atoms with Gasteiger partial charge in [0.2, 0.25) is 15.4 Å². The minimum absolute atomic E-state index is 0.0815. The lowest BCUT2D eigenvalue weighted by atomic mass is 10.0. The van der Waals surface area contributed by atoms with Crippen LogP contribution in [0.3, 0.4) is 0 Å². The Labute approximate surface area is 534 Å². The van der Waals surface area contributed by atoms with Crippen molar-refractivity contribution >= 4 is 111 Å². The number of hydrogen-bond acceptors (Lipinski definition) is 24. The predicted octanol–water partition coefficient (Wildman–Crippen LogP) is 15.1. The summed E-state index contributed by atoms with van der Waals surface area (Å²) in [6.45, 7) is 5.71. The van der Waals surface area contributed by atoms with Crippen LogP contribution in [0.1, 0.15) is 66.9 Å². The molecule has 0 aliphatic heterocycles. The number of rotatable bonds is 22. The van der Waals surface area contributed by atoms with Crippen molar-refractivity contribution in [3.05, 3.63) is 249 Å². The number of benzene rings is 6. The molecule has 3 atom stereocenters. The van der Waals surface area contributed by atoms with Gasteiger partial charge in [0.15, 0.2) is 0 Å². The molecule has 0 radical (unpaired) electrons. The topological polar surface area (TPSA) is 305 Å². The van der Waals surface area contributed by atoms with Gasteiger partial charge in [-0.3, -0.25) is 29.5 Å². The largest absolute Gasteiger partial charge is 0.357 e. The van der Waals surface area contributed by atoms with Crippen LogP contribution >= 0.6 is 68.0 Å². The molecule has 6 aromatic heterocycles. The van der Waals surface area contributed by atoms with Gasteiger partial charge in [0, 0.05) is 57.1 Å². The van der Waals surface area contributed by atoms with E-state index in [0.717, 1.165) is 90.8 Å². The van der Waals surface area contributed by atoms with Crippen molar-refractivity contribution in [2.45, 2.75) is 58.2 Å². The Morgan fingerprint density at radius 2 is 0.730 bits per heavy atom. The first-order valence-electron chi connectivity index (χ1n) is 27.1. The Balaban J connectivity index is 0.000000147. The second-order valence-electron chi connectivity index (χ2n) is 19.5. The second kappa shape index (κ2) is 29.7. The van der Waals surface area contributed by atoms with Gasteiger partial charge in [0.25, 0.3) is 11.4 Å². The fourth-order valence-corrected chi connectivity index (χ4v) is 13.8. The molecule has 0 aliphatic carbocycles. The summed E-state index contributed by atoms with van der Waals surface area (Å²) in [7, 11) is -4.30. The van der Waals surface area contributed by atoms with E-state index < -0.39 is 20.2 Å². The first-order chi connectivity index (χ1) is 43.0. The molecule has 12 rings (SSSR count). The van der Waals surface area contributed by atoms with E-state index in [9.17, 15) is 28.6 Å². The minimum atomic E-state index is -4.30. The summed E-state index contributed by atoms with van der Waals surface area (Å²) in [4.78, 5) is 35.5. The van der Waals surface area contributed by atoms with Crippen LogP contribution in [0.4, 0.5) is 32.5 Å². The predicted molar refractivity (Wildman–Crippen MR) is 355 cm³/mol. The lowest BCUT2D eigenvalue weighted by Gasteiger charge is -2.16. The first kappa shape index (κ1) is 62.8. The molecule has 0 aliphatic rings. The van der Waals surface area contributed by atoms with Crippen LogP contribution in [-0.2, 0) is 29.6 Å². The molecular formula is C60H53N15O7S7. The van der Waals surface area contributed by atoms with E-state index in [1.807, 2.05) is 133 Å². The molecule has 452 valence electrons. The number of nitro benzene ring substituents is 2. The van der Waals surface area contributed by atoms with Crippen LogP contribution in [0, 0.1) is 41.0 Å². The van der Waals surface area contributed by atoms with Gasteiger partial charge in [-0.05, 0) is 68.9 Å². The average molecular weight is 1320 g/mol. The quantitative estimate of drug-likeness (QED) is 0.0239. The number of aromatic nitrogens is 9. The molecule has 6 aromatic carbocycles. The first-order valence-corrected chi connectivity index (χ1v) is 33.6. The number of hydrogen-bond donors (Lipinski definition) is 5. The molecule has 0 fully saturated rings. The molecule has 0 amide bonds. The highest BCUT2D eigenvalue weighted by molar-refractivity contribution is 7.87. The third-order valence-corrected chi connectivity index (χ3v) is 18.5. The standard InChI is InChI=1S/C20H19N5O3S3.2C20H17N5O2S2/c1-13-23-24-20(30-13)22-17(11-14-7-9-16(10-8-14)25-31(26,27)28)18-12-29-19(21-18)15-5-3-2-4-6-15;2*1-13-23-24-20(29-13)22-17(11-14-7-9-16(10-8-14)25(26)27)18-12-28-19(21-18)15-5-3-2-4-6-15/h2-10,12,17,25H,11H2,1H3,(H,22,24)(H,26,27,28);2*2-10,12,17H,11H2,1H3,(H,22,24)/t3*17-/m000/s1. The molecule has 0 saturated carbocycles. The highest BCUT2D eigenvalue weighted by Gasteiger charge is 2.23. The third kappa shape index (κ3) is 18.2. The zero-order valence-corrected chi connectivity index (χ0v) is 53.1. The summed E-state index contributed by atoms with van der Waals surface area (Å²) < 4.78 is 32.9. The molecule has 22 nitrogen and oxygen atoms in total. The van der Waals surface area contributed by atoms with Crippen molar-refractivity contribution in [1.29, 1.82) is 0 Å². The highest BCUT2D eigenvalue weighted by atomic mass is 32.2. The maximum atomic E-state index is 11.0. The fraction of sp³-hybridized carbons (Fsp3) is 0.150. The number of nitrogens with zero attached hydrogens (tertiary/aromatic N) is 11. The van der Waals surface area contributed by atoms with E-state index in [4.69, 9.17) is 19.5 Å². The maximum absolute atomic E-state index is 11.0. The number of anilines is 4. The molecule has 29 heteroatoms. The van der Waals surface area contributed by atoms with Crippen LogP contribution in [0.25, 0.3) is 31.7 Å². The van der Waals surface area contributed by atoms with Crippen LogP contribution in [0.15, 0.2) is 180 Å². The number of aryl methyl sites for hydroxylation is 3. The van der Waals surface area contributed by atoms with E-state index in [2.05, 4.69) is 46.5 Å². The molecule has 0 spiro atoms. The van der Waals surface area contributed by atoms with E-state index in [0.29, 0.717) is 24.4 Å². The Kier molecular flexibility index (Phi) is 20.9. The van der Waals surface area contributed by atoms with Crippen LogP contribution < -0.4 is 20.7 Å². The lowest BCUT2D eigenvalue weighted by molar-refractivity contribution is -0.385. The molecule has 89 heavy (non-hydrogen) atoms. The molecule has 12 aromatic rings. The van der Waals surface area contributed by atoms with Gasteiger partial charge >= 0.3 is 10.3 Å². The van der Waals surface area contributed by atoms with E-state index >= 15 is 0 Å². The molecule has 5 N–H and O–H groups in total. The second-order valence-corrected chi connectivity index (χ2v) is 26.8. The Bertz CT molecular complexity index is 4180. The van der Waals surface area contributed by atoms with Crippen molar-refractivity contribution < 1.29 is 22.8 Å². The summed E-state index contributed by atoms with van der Waals surface area (Å²) in [6.07, 6.45) is 1.84. The van der Waals surface area contributed by atoms with Crippen molar-refractivity contribution in [3.8, 4) is 31.7 Å².